The van der Waals surface area contributed by atoms with Gasteiger partial charge in [-0.05, 0) is 44.4 Å². The molecule has 0 bridgehead atoms. The van der Waals surface area contributed by atoms with Gasteiger partial charge in [0.2, 0.25) is 11.9 Å². The molecule has 5 atom stereocenters. The normalized spacial score (nSPS) is 24.9. The number of amides is 1. The van der Waals surface area contributed by atoms with Crippen LogP contribution in [0.4, 0.5) is 41.0 Å². The van der Waals surface area contributed by atoms with Gasteiger partial charge in [0.1, 0.15) is 33.7 Å². The second-order valence-electron chi connectivity index (χ2n) is 12.4. The molecule has 3 aromatic rings. The van der Waals surface area contributed by atoms with Crippen molar-refractivity contribution in [3.05, 3.63) is 42.9 Å². The van der Waals surface area contributed by atoms with Crippen LogP contribution in [-0.4, -0.2) is 107 Å². The van der Waals surface area contributed by atoms with Crippen LogP contribution in [0.3, 0.4) is 0 Å². The molecule has 0 aromatic carbocycles. The molecule has 3 aliphatic rings. The minimum absolute atomic E-state index is 0.0605. The Labute approximate surface area is 274 Å². The van der Waals surface area contributed by atoms with Crippen molar-refractivity contribution in [1.29, 1.82) is 0 Å². The van der Waals surface area contributed by atoms with Gasteiger partial charge in [0.25, 0.3) is 0 Å². The lowest BCUT2D eigenvalue weighted by Crippen LogP contribution is -2.57. The van der Waals surface area contributed by atoms with Gasteiger partial charge in [-0.3, -0.25) is 9.53 Å². The van der Waals surface area contributed by atoms with Gasteiger partial charge in [0.05, 0.1) is 24.0 Å². The van der Waals surface area contributed by atoms with Crippen molar-refractivity contribution in [2.45, 2.75) is 56.9 Å². The second kappa shape index (κ2) is 13.0. The van der Waals surface area contributed by atoms with Crippen molar-refractivity contribution in [2.24, 2.45) is 5.92 Å². The van der Waals surface area contributed by atoms with Crippen molar-refractivity contribution >= 4 is 49.9 Å². The van der Waals surface area contributed by atoms with Crippen LogP contribution < -0.4 is 15.1 Å². The molecule has 6 rings (SSSR count). The number of sulfone groups is 1. The highest BCUT2D eigenvalue weighted by molar-refractivity contribution is 7.90. The number of carbonyl (C=O) groups excluding carboxylic acids is 1. The maximum atomic E-state index is 14.6. The van der Waals surface area contributed by atoms with E-state index in [1.165, 1.54) is 23.4 Å². The first-order valence-electron chi connectivity index (χ1n) is 15.5. The molecule has 1 N–H and O–H groups in total. The Kier molecular flexibility index (Phi) is 9.14. The van der Waals surface area contributed by atoms with E-state index in [0.717, 1.165) is 6.42 Å². The highest BCUT2D eigenvalue weighted by Crippen LogP contribution is 2.40. The molecule has 0 saturated carbocycles. The minimum atomic E-state index is -4.93. The standard InChI is InChI=1S/C30H35F4N9O4S/c1-4-26(44)42-10-5-6-22(42)27-19-12-25(36-13-20(19)28(40-39-27)43-14-18(17(43)2)16-48(3,45)46)37-24-7-9-35-29(38-24)41-11-8-23(21(31)15-41)47-30(32,33)34/h4,7,9,12-13,17-18,21-23H,1,5-6,8,10-11,14-16H2,2-3H3,(H,35,36,37,38)/t17-,18-,21+,22?,23-/m1/s1. The first-order valence-corrected chi connectivity index (χ1v) is 17.5. The summed E-state index contributed by atoms with van der Waals surface area (Å²) in [6, 6.07) is 2.88. The Morgan fingerprint density at radius 1 is 1.15 bits per heavy atom. The number of halogens is 4. The van der Waals surface area contributed by atoms with Gasteiger partial charge in [0.15, 0.2) is 5.82 Å². The Morgan fingerprint density at radius 2 is 1.94 bits per heavy atom. The Bertz CT molecular complexity index is 1810. The SMILES string of the molecule is C=CC(=O)N1CCCC1c1nnc(N2C[C@H](CS(C)(=O)=O)[C@H]2C)c2cnc(Nc3ccnc(N4CC[C@@H](OC(F)(F)F)[C@@H](F)C4)n3)cc12. The number of aromatic nitrogens is 5. The number of fused-ring (bicyclic) bond motifs is 1. The summed E-state index contributed by atoms with van der Waals surface area (Å²) in [5.41, 5.74) is 0.578. The third-order valence-corrected chi connectivity index (χ3v) is 10.1. The Balaban J connectivity index is 1.29. The largest absolute Gasteiger partial charge is 0.522 e. The Hall–Kier alpha value is -4.19. The number of likely N-dealkylation sites (tertiary alicyclic amines) is 1. The molecule has 0 radical (unpaired) electrons. The smallest absolute Gasteiger partial charge is 0.351 e. The quantitative estimate of drug-likeness (QED) is 0.257. The van der Waals surface area contributed by atoms with Gasteiger partial charge < -0.3 is 20.0 Å². The molecule has 3 saturated heterocycles. The molecule has 13 nitrogen and oxygen atoms in total. The summed E-state index contributed by atoms with van der Waals surface area (Å²) >= 11 is 0. The second-order valence-corrected chi connectivity index (χ2v) is 14.6. The maximum Gasteiger partial charge on any atom is 0.522 e. The molecule has 258 valence electrons. The summed E-state index contributed by atoms with van der Waals surface area (Å²) in [4.78, 5) is 31.1. The van der Waals surface area contributed by atoms with Crippen molar-refractivity contribution in [2.75, 3.05) is 53.3 Å². The fourth-order valence-corrected chi connectivity index (χ4v) is 7.79. The highest BCUT2D eigenvalue weighted by Gasteiger charge is 2.41. The molecule has 0 spiro atoms. The van der Waals surface area contributed by atoms with Crippen LogP contribution in [0.5, 0.6) is 0 Å². The van der Waals surface area contributed by atoms with E-state index in [9.17, 15) is 30.8 Å². The summed E-state index contributed by atoms with van der Waals surface area (Å²) in [6.45, 7) is 6.28. The van der Waals surface area contributed by atoms with Gasteiger partial charge in [-0.2, -0.15) is 10.1 Å². The zero-order valence-electron chi connectivity index (χ0n) is 26.3. The van der Waals surface area contributed by atoms with Crippen LogP contribution in [0.15, 0.2) is 37.2 Å². The average Bonchev–Trinajstić information content (AvgIpc) is 3.52. The number of alkyl halides is 4. The number of nitrogens with one attached hydrogen (secondary N) is 1. The summed E-state index contributed by atoms with van der Waals surface area (Å²) in [6.07, 6.45) is -1.62. The van der Waals surface area contributed by atoms with Crippen LogP contribution in [0.25, 0.3) is 10.8 Å². The molecule has 6 heterocycles. The molecular formula is C30H35F4N9O4S. The topological polar surface area (TPSA) is 147 Å². The van der Waals surface area contributed by atoms with E-state index in [1.54, 1.807) is 23.2 Å². The molecule has 0 aliphatic carbocycles. The van der Waals surface area contributed by atoms with Crippen molar-refractivity contribution < 1.29 is 35.5 Å². The number of hydrogen-bond donors (Lipinski definition) is 1. The van der Waals surface area contributed by atoms with Crippen LogP contribution in [0, 0.1) is 5.92 Å². The van der Waals surface area contributed by atoms with E-state index in [2.05, 4.69) is 41.8 Å². The minimum Gasteiger partial charge on any atom is -0.351 e. The number of pyridine rings is 1. The highest BCUT2D eigenvalue weighted by atomic mass is 32.2. The zero-order chi connectivity index (χ0) is 34.4. The van der Waals surface area contributed by atoms with Gasteiger partial charge in [-0.25, -0.2) is 22.8 Å². The molecule has 1 amide bonds. The molecule has 18 heteroatoms. The van der Waals surface area contributed by atoms with Crippen molar-refractivity contribution in [1.82, 2.24) is 30.0 Å². The predicted octanol–water partition coefficient (Wildman–Crippen LogP) is 3.73. The van der Waals surface area contributed by atoms with Crippen molar-refractivity contribution in [3.8, 4) is 0 Å². The molecule has 3 aromatic heterocycles. The Morgan fingerprint density at radius 3 is 2.62 bits per heavy atom. The number of piperidine rings is 1. The van der Waals surface area contributed by atoms with E-state index in [4.69, 9.17) is 0 Å². The van der Waals surface area contributed by atoms with E-state index in [0.29, 0.717) is 53.4 Å². The van der Waals surface area contributed by atoms with Gasteiger partial charge in [-0.1, -0.05) is 6.58 Å². The lowest BCUT2D eigenvalue weighted by molar-refractivity contribution is -0.349. The molecule has 3 aliphatic heterocycles. The number of hydrogen-bond acceptors (Lipinski definition) is 12. The fourth-order valence-electron chi connectivity index (χ4n) is 6.63. The third kappa shape index (κ3) is 7.13. The molecule has 48 heavy (non-hydrogen) atoms. The van der Waals surface area contributed by atoms with E-state index in [1.807, 2.05) is 11.8 Å². The molecule has 1 unspecified atom stereocenters. The van der Waals surface area contributed by atoms with Crippen LogP contribution in [0.1, 0.15) is 37.9 Å². The number of anilines is 4. The molecule has 3 fully saturated rings. The summed E-state index contributed by atoms with van der Waals surface area (Å²) in [7, 11) is -3.16. The lowest BCUT2D eigenvalue weighted by Gasteiger charge is -2.47. The van der Waals surface area contributed by atoms with E-state index >= 15 is 0 Å². The van der Waals surface area contributed by atoms with Gasteiger partial charge >= 0.3 is 6.36 Å². The third-order valence-electron chi connectivity index (χ3n) is 9.04. The first kappa shape index (κ1) is 33.7. The van der Waals surface area contributed by atoms with Crippen molar-refractivity contribution in [3.63, 3.8) is 0 Å². The molecular weight excluding hydrogens is 658 g/mol. The number of nitrogens with zero attached hydrogens (tertiary/aromatic N) is 8. The maximum absolute atomic E-state index is 14.6. The fraction of sp³-hybridized carbons (Fsp3) is 0.533. The first-order chi connectivity index (χ1) is 22.7. The summed E-state index contributed by atoms with van der Waals surface area (Å²) in [5, 5.41) is 13.7. The number of rotatable bonds is 9. The predicted molar refractivity (Wildman–Crippen MR) is 169 cm³/mol. The van der Waals surface area contributed by atoms with Gasteiger partial charge in [0, 0.05) is 61.0 Å². The average molecular weight is 694 g/mol. The van der Waals surface area contributed by atoms with Crippen LogP contribution in [0.2, 0.25) is 0 Å². The van der Waals surface area contributed by atoms with Crippen LogP contribution in [-0.2, 0) is 19.4 Å². The zero-order valence-corrected chi connectivity index (χ0v) is 27.1. The van der Waals surface area contributed by atoms with E-state index in [-0.39, 0.29) is 55.1 Å². The summed E-state index contributed by atoms with van der Waals surface area (Å²) < 4.78 is 80.3. The number of carbonyl (C=O) groups is 1. The van der Waals surface area contributed by atoms with Gasteiger partial charge in [-0.15, -0.1) is 18.3 Å². The summed E-state index contributed by atoms with van der Waals surface area (Å²) in [5.74, 6) is 1.14. The van der Waals surface area contributed by atoms with Crippen LogP contribution >= 0.6 is 0 Å². The number of ether oxygens (including phenoxy) is 1. The van der Waals surface area contributed by atoms with E-state index < -0.39 is 28.5 Å². The lowest BCUT2D eigenvalue weighted by atomic mass is 9.91. The monoisotopic (exact) mass is 693 g/mol.